The molecule has 2 aromatic carbocycles. The average Bonchev–Trinajstić information content (AvgIpc) is 2.42. The number of benzene rings is 2. The van der Waals surface area contributed by atoms with E-state index in [4.69, 9.17) is 0 Å². The van der Waals surface area contributed by atoms with Crippen LogP contribution in [0.3, 0.4) is 0 Å². The van der Waals surface area contributed by atoms with E-state index in [1.54, 1.807) is 0 Å². The van der Waals surface area contributed by atoms with Gasteiger partial charge in [0.25, 0.3) is 0 Å². The van der Waals surface area contributed by atoms with Crippen molar-refractivity contribution in [1.29, 1.82) is 0 Å². The molecule has 0 amide bonds. The Kier molecular flexibility index (Phi) is 4.06. The molecule has 0 heterocycles. The Morgan fingerprint density at radius 1 is 0.947 bits per heavy atom. The van der Waals surface area contributed by atoms with Crippen LogP contribution in [0.15, 0.2) is 67.3 Å². The van der Waals surface area contributed by atoms with Gasteiger partial charge in [0.15, 0.2) is 0 Å². The van der Waals surface area contributed by atoms with Gasteiger partial charge < -0.3 is 0 Å². The molecule has 0 nitrogen and oxygen atoms in total. The van der Waals surface area contributed by atoms with Crippen LogP contribution in [0, 0.1) is 6.92 Å². The monoisotopic (exact) mass is 266 g/mol. The van der Waals surface area contributed by atoms with Crippen LogP contribution in [-0.2, 0) is 0 Å². The summed E-state index contributed by atoms with van der Waals surface area (Å²) in [4.78, 5) is 0. The van der Waals surface area contributed by atoms with E-state index in [1.807, 2.05) is 0 Å². The van der Waals surface area contributed by atoms with Crippen molar-refractivity contribution in [1.82, 2.24) is 0 Å². The van der Waals surface area contributed by atoms with E-state index < -0.39 is 8.07 Å². The fourth-order valence-electron chi connectivity index (χ4n) is 2.67. The SMILES string of the molecule is C=CC(c1ccc(C)cc1)[Si](C)(C)c1ccccc1. The summed E-state index contributed by atoms with van der Waals surface area (Å²) in [6.07, 6.45) is 2.13. The molecule has 2 aromatic rings. The molecule has 0 aliphatic rings. The highest BCUT2D eigenvalue weighted by Crippen LogP contribution is 2.28. The first-order valence-corrected chi connectivity index (χ1v) is 9.88. The van der Waals surface area contributed by atoms with E-state index in [2.05, 4.69) is 87.3 Å². The molecular formula is C18H22Si. The first-order chi connectivity index (χ1) is 9.05. The van der Waals surface area contributed by atoms with E-state index >= 15 is 0 Å². The predicted octanol–water partition coefficient (Wildman–Crippen LogP) is 4.42. The summed E-state index contributed by atoms with van der Waals surface area (Å²) in [5, 5.41) is 1.49. The largest absolute Gasteiger partial charge is 0.103 e. The highest BCUT2D eigenvalue weighted by Gasteiger charge is 2.32. The smallest absolute Gasteiger partial charge is 0.0919 e. The Labute approximate surface area is 117 Å². The lowest BCUT2D eigenvalue weighted by Crippen LogP contribution is -2.46. The van der Waals surface area contributed by atoms with Crippen LogP contribution in [0.4, 0.5) is 0 Å². The van der Waals surface area contributed by atoms with Gasteiger partial charge in [-0.05, 0) is 12.5 Å². The maximum Gasteiger partial charge on any atom is 0.0919 e. The molecule has 0 saturated heterocycles. The predicted molar refractivity (Wildman–Crippen MR) is 87.7 cm³/mol. The fourth-order valence-corrected chi connectivity index (χ4v) is 5.69. The molecule has 0 radical (unpaired) electrons. The van der Waals surface area contributed by atoms with Gasteiger partial charge in [0.2, 0.25) is 0 Å². The molecule has 1 unspecified atom stereocenters. The van der Waals surface area contributed by atoms with Crippen LogP contribution < -0.4 is 5.19 Å². The molecule has 1 heteroatoms. The second kappa shape index (κ2) is 5.58. The standard InChI is InChI=1S/C18H22Si/c1-5-18(16-13-11-15(2)12-14-16)19(3,4)17-9-7-6-8-10-17/h5-14,18H,1H2,2-4H3. The summed E-state index contributed by atoms with van der Waals surface area (Å²) < 4.78 is 0. The van der Waals surface area contributed by atoms with Gasteiger partial charge in [-0.1, -0.05) is 84.5 Å². The second-order valence-corrected chi connectivity index (χ2v) is 10.4. The molecule has 19 heavy (non-hydrogen) atoms. The van der Waals surface area contributed by atoms with Gasteiger partial charge in [-0.15, -0.1) is 6.58 Å². The van der Waals surface area contributed by atoms with Gasteiger partial charge in [0.1, 0.15) is 0 Å². The molecule has 0 aromatic heterocycles. The second-order valence-electron chi connectivity index (χ2n) is 5.71. The van der Waals surface area contributed by atoms with Crippen molar-refractivity contribution in [3.63, 3.8) is 0 Å². The molecule has 0 fully saturated rings. The van der Waals surface area contributed by atoms with Gasteiger partial charge >= 0.3 is 0 Å². The molecule has 98 valence electrons. The molecule has 0 aliphatic carbocycles. The van der Waals surface area contributed by atoms with E-state index in [9.17, 15) is 0 Å². The number of hydrogen-bond acceptors (Lipinski definition) is 0. The minimum atomic E-state index is -1.59. The Hall–Kier alpha value is -1.60. The van der Waals surface area contributed by atoms with E-state index in [-0.39, 0.29) is 0 Å². The lowest BCUT2D eigenvalue weighted by Gasteiger charge is -2.31. The van der Waals surface area contributed by atoms with E-state index in [1.165, 1.54) is 16.3 Å². The fraction of sp³-hybridized carbons (Fsp3) is 0.222. The van der Waals surface area contributed by atoms with Crippen LogP contribution in [0.25, 0.3) is 0 Å². The molecule has 0 bridgehead atoms. The molecule has 1 atom stereocenters. The zero-order chi connectivity index (χ0) is 13.9. The van der Waals surface area contributed by atoms with Crippen LogP contribution in [0.5, 0.6) is 0 Å². The van der Waals surface area contributed by atoms with Crippen molar-refractivity contribution in [3.8, 4) is 0 Å². The molecule has 2 rings (SSSR count). The first kappa shape index (κ1) is 13.8. The van der Waals surface area contributed by atoms with Crippen molar-refractivity contribution in [2.24, 2.45) is 0 Å². The summed E-state index contributed by atoms with van der Waals surface area (Å²) in [5.74, 6) is 0. The topological polar surface area (TPSA) is 0 Å². The molecule has 0 saturated carbocycles. The lowest BCUT2D eigenvalue weighted by atomic mass is 10.1. The zero-order valence-corrected chi connectivity index (χ0v) is 13.1. The third kappa shape index (κ3) is 2.87. The Morgan fingerprint density at radius 2 is 1.53 bits per heavy atom. The van der Waals surface area contributed by atoms with Crippen molar-refractivity contribution < 1.29 is 0 Å². The van der Waals surface area contributed by atoms with Crippen LogP contribution in [0.1, 0.15) is 16.7 Å². The van der Waals surface area contributed by atoms with Gasteiger partial charge in [-0.3, -0.25) is 0 Å². The minimum Gasteiger partial charge on any atom is -0.103 e. The minimum absolute atomic E-state index is 0.454. The van der Waals surface area contributed by atoms with Gasteiger partial charge in [0, 0.05) is 5.54 Å². The summed E-state index contributed by atoms with van der Waals surface area (Å²) >= 11 is 0. The van der Waals surface area contributed by atoms with E-state index in [0.29, 0.717) is 5.54 Å². The quantitative estimate of drug-likeness (QED) is 0.567. The number of aryl methyl sites for hydroxylation is 1. The van der Waals surface area contributed by atoms with Crippen LogP contribution in [-0.4, -0.2) is 8.07 Å². The summed E-state index contributed by atoms with van der Waals surface area (Å²) in [6.45, 7) is 11.1. The van der Waals surface area contributed by atoms with Crippen LogP contribution >= 0.6 is 0 Å². The van der Waals surface area contributed by atoms with Gasteiger partial charge in [-0.25, -0.2) is 0 Å². The summed E-state index contributed by atoms with van der Waals surface area (Å²) in [7, 11) is -1.59. The van der Waals surface area contributed by atoms with Crippen molar-refractivity contribution >= 4 is 13.3 Å². The summed E-state index contributed by atoms with van der Waals surface area (Å²) in [6, 6.07) is 19.8. The van der Waals surface area contributed by atoms with Gasteiger partial charge in [-0.2, -0.15) is 0 Å². The summed E-state index contributed by atoms with van der Waals surface area (Å²) in [5.41, 5.74) is 3.15. The third-order valence-electron chi connectivity index (χ3n) is 3.97. The highest BCUT2D eigenvalue weighted by atomic mass is 28.3. The van der Waals surface area contributed by atoms with Crippen molar-refractivity contribution in [3.05, 3.63) is 78.4 Å². The zero-order valence-electron chi connectivity index (χ0n) is 12.1. The molecule has 0 aliphatic heterocycles. The molecular weight excluding hydrogens is 244 g/mol. The number of rotatable bonds is 4. The Balaban J connectivity index is 2.41. The van der Waals surface area contributed by atoms with Gasteiger partial charge in [0.05, 0.1) is 8.07 Å². The third-order valence-corrected chi connectivity index (χ3v) is 7.91. The highest BCUT2D eigenvalue weighted by molar-refractivity contribution is 6.91. The van der Waals surface area contributed by atoms with Crippen LogP contribution in [0.2, 0.25) is 13.1 Å². The molecule has 0 N–H and O–H groups in total. The van der Waals surface area contributed by atoms with E-state index in [0.717, 1.165) is 0 Å². The Morgan fingerprint density at radius 3 is 2.05 bits per heavy atom. The average molecular weight is 266 g/mol. The number of allylic oxidation sites excluding steroid dienone is 1. The maximum atomic E-state index is 4.09. The molecule has 0 spiro atoms. The number of hydrogen-bond donors (Lipinski definition) is 0. The van der Waals surface area contributed by atoms with Crippen molar-refractivity contribution in [2.45, 2.75) is 25.6 Å². The maximum absolute atomic E-state index is 4.09. The lowest BCUT2D eigenvalue weighted by molar-refractivity contribution is 1.14. The first-order valence-electron chi connectivity index (χ1n) is 6.80. The Bertz CT molecular complexity index is 538. The normalized spacial score (nSPS) is 13.0. The van der Waals surface area contributed by atoms with Crippen molar-refractivity contribution in [2.75, 3.05) is 0 Å².